The van der Waals surface area contributed by atoms with Crippen molar-refractivity contribution in [3.8, 4) is 0 Å². The minimum absolute atomic E-state index is 0.177. The number of alkyl halides is 2. The normalized spacial score (nSPS) is 17.2. The van der Waals surface area contributed by atoms with Crippen LogP contribution in [0, 0.1) is 0 Å². The molecule has 1 saturated heterocycles. The Labute approximate surface area is 159 Å². The van der Waals surface area contributed by atoms with Crippen molar-refractivity contribution < 1.29 is 27.2 Å². The first-order valence-electron chi connectivity index (χ1n) is 9.25. The van der Waals surface area contributed by atoms with Gasteiger partial charge >= 0.3 is 13.3 Å². The van der Waals surface area contributed by atoms with Gasteiger partial charge in [0.2, 0.25) is 5.91 Å². The lowest BCUT2D eigenvalue weighted by atomic mass is 10.0. The first kappa shape index (κ1) is 22.0. The number of hydrogen-bond acceptors (Lipinski definition) is 4. The van der Waals surface area contributed by atoms with Crippen molar-refractivity contribution in [2.45, 2.75) is 70.9 Å². The second kappa shape index (κ2) is 8.80. The Balaban J connectivity index is 2.38. The molecule has 0 N–H and O–H groups in total. The smallest absolute Gasteiger partial charge is 0.335 e. The molecule has 8 heteroatoms. The van der Waals surface area contributed by atoms with Crippen LogP contribution >= 0.6 is 7.60 Å². The molecule has 5 nitrogen and oxygen atoms in total. The van der Waals surface area contributed by atoms with E-state index in [4.69, 9.17) is 9.05 Å². The average molecular weight is 403 g/mol. The zero-order chi connectivity index (χ0) is 20.2. The van der Waals surface area contributed by atoms with Gasteiger partial charge in [0.15, 0.2) is 0 Å². The number of benzene rings is 1. The summed E-state index contributed by atoms with van der Waals surface area (Å²) in [6, 6.07) is 7.74. The van der Waals surface area contributed by atoms with Crippen molar-refractivity contribution in [2.75, 3.05) is 6.54 Å². The molecule has 1 aromatic rings. The fourth-order valence-electron chi connectivity index (χ4n) is 3.16. The molecule has 2 rings (SSSR count). The van der Waals surface area contributed by atoms with Gasteiger partial charge in [-0.15, -0.1) is 0 Å². The van der Waals surface area contributed by atoms with Gasteiger partial charge in [-0.3, -0.25) is 9.36 Å². The van der Waals surface area contributed by atoms with E-state index in [9.17, 15) is 9.36 Å². The van der Waals surface area contributed by atoms with E-state index in [1.54, 1.807) is 30.3 Å². The van der Waals surface area contributed by atoms with Gasteiger partial charge < -0.3 is 13.9 Å². The van der Waals surface area contributed by atoms with Crippen LogP contribution < -0.4 is 0 Å². The van der Waals surface area contributed by atoms with E-state index < -0.39 is 37.9 Å². The molecular formula is C19H28F2NO4P. The minimum atomic E-state index is -4.74. The Kier molecular flexibility index (Phi) is 7.17. The van der Waals surface area contributed by atoms with Crippen LogP contribution in [0.25, 0.3) is 0 Å². The van der Waals surface area contributed by atoms with Gasteiger partial charge in [-0.1, -0.05) is 30.3 Å². The third kappa shape index (κ3) is 5.37. The van der Waals surface area contributed by atoms with Crippen molar-refractivity contribution in [3.05, 3.63) is 35.9 Å². The number of halogens is 2. The number of carbonyl (C=O) groups is 1. The highest BCUT2D eigenvalue weighted by Gasteiger charge is 2.56. The lowest BCUT2D eigenvalue weighted by molar-refractivity contribution is -0.131. The molecule has 27 heavy (non-hydrogen) atoms. The molecule has 0 spiro atoms. The lowest BCUT2D eigenvalue weighted by Crippen LogP contribution is -2.35. The van der Waals surface area contributed by atoms with E-state index in [2.05, 4.69) is 0 Å². The van der Waals surface area contributed by atoms with Gasteiger partial charge in [0.25, 0.3) is 0 Å². The van der Waals surface area contributed by atoms with Crippen LogP contribution in [0.15, 0.2) is 30.3 Å². The summed E-state index contributed by atoms with van der Waals surface area (Å²) < 4.78 is 53.8. The van der Waals surface area contributed by atoms with Crippen molar-refractivity contribution in [2.24, 2.45) is 0 Å². The highest BCUT2D eigenvalue weighted by atomic mass is 31.2. The molecule has 1 heterocycles. The van der Waals surface area contributed by atoms with Crippen molar-refractivity contribution >= 4 is 13.5 Å². The Morgan fingerprint density at radius 1 is 1.11 bits per heavy atom. The fraction of sp³-hybridized carbons (Fsp3) is 0.632. The van der Waals surface area contributed by atoms with Gasteiger partial charge in [0, 0.05) is 19.4 Å². The summed E-state index contributed by atoms with van der Waals surface area (Å²) >= 11 is 0. The molecule has 1 unspecified atom stereocenters. The summed E-state index contributed by atoms with van der Waals surface area (Å²) in [6.45, 7) is 6.53. The molecule has 1 aromatic carbocycles. The molecule has 1 atom stereocenters. The maximum Gasteiger partial charge on any atom is 0.400 e. The lowest BCUT2D eigenvalue weighted by Gasteiger charge is -2.35. The van der Waals surface area contributed by atoms with Gasteiger partial charge in [0.1, 0.15) is 0 Å². The molecule has 0 aromatic heterocycles. The number of amides is 1. The van der Waals surface area contributed by atoms with Crippen LogP contribution in [0.2, 0.25) is 0 Å². The van der Waals surface area contributed by atoms with Crippen LogP contribution in [-0.2, 0) is 18.4 Å². The molecule has 1 aliphatic rings. The van der Waals surface area contributed by atoms with E-state index in [1.807, 2.05) is 0 Å². The van der Waals surface area contributed by atoms with Gasteiger partial charge in [-0.05, 0) is 39.7 Å². The Morgan fingerprint density at radius 3 is 2.11 bits per heavy atom. The number of hydrogen-bond donors (Lipinski definition) is 0. The van der Waals surface area contributed by atoms with Gasteiger partial charge in [0.05, 0.1) is 18.2 Å². The molecule has 0 bridgehead atoms. The van der Waals surface area contributed by atoms with Crippen LogP contribution in [-0.4, -0.2) is 35.2 Å². The molecule has 0 saturated carbocycles. The number of nitrogens with zero attached hydrogens (tertiary/aromatic N) is 1. The van der Waals surface area contributed by atoms with E-state index >= 15 is 8.78 Å². The van der Waals surface area contributed by atoms with Crippen LogP contribution in [0.4, 0.5) is 8.78 Å². The predicted octanol–water partition coefficient (Wildman–Crippen LogP) is 5.38. The Morgan fingerprint density at radius 2 is 1.67 bits per heavy atom. The zero-order valence-electron chi connectivity index (χ0n) is 16.2. The number of carbonyl (C=O) groups excluding carboxylic acids is 1. The first-order chi connectivity index (χ1) is 12.6. The van der Waals surface area contributed by atoms with E-state index in [0.29, 0.717) is 24.9 Å². The second-order valence-corrected chi connectivity index (χ2v) is 9.36. The predicted molar refractivity (Wildman–Crippen MR) is 99.7 cm³/mol. The number of rotatable bonds is 9. The SMILES string of the molecule is CC(C)OP(=O)(OC(C)C)C(F)(F)CC(c1ccccc1)N1CCCC1=O. The van der Waals surface area contributed by atoms with E-state index in [1.165, 1.54) is 32.6 Å². The molecule has 1 aliphatic heterocycles. The monoisotopic (exact) mass is 403 g/mol. The highest BCUT2D eigenvalue weighted by molar-refractivity contribution is 7.55. The third-order valence-corrected chi connectivity index (χ3v) is 6.59. The van der Waals surface area contributed by atoms with E-state index in [0.717, 1.165) is 0 Å². The Hall–Kier alpha value is -1.30. The molecule has 1 fully saturated rings. The minimum Gasteiger partial charge on any atom is -0.335 e. The van der Waals surface area contributed by atoms with Crippen molar-refractivity contribution in [3.63, 3.8) is 0 Å². The third-order valence-electron chi connectivity index (χ3n) is 4.21. The molecule has 152 valence electrons. The summed E-state index contributed by atoms with van der Waals surface area (Å²) in [5.41, 5.74) is -3.17. The van der Waals surface area contributed by atoms with Gasteiger partial charge in [-0.2, -0.15) is 8.78 Å². The molecule has 0 aliphatic carbocycles. The van der Waals surface area contributed by atoms with Crippen molar-refractivity contribution in [1.82, 2.24) is 4.90 Å². The number of likely N-dealkylation sites (tertiary alicyclic amines) is 1. The highest BCUT2D eigenvalue weighted by Crippen LogP contribution is 2.66. The summed E-state index contributed by atoms with van der Waals surface area (Å²) in [6.07, 6.45) is -1.25. The summed E-state index contributed by atoms with van der Waals surface area (Å²) in [5, 5.41) is 0. The standard InChI is InChI=1S/C19H28F2NO4P/c1-14(2)25-27(24,26-15(3)4)19(20,21)13-17(16-9-6-5-7-10-16)22-12-8-11-18(22)23/h5-7,9-10,14-15,17H,8,11-13H2,1-4H3. The molecule has 0 radical (unpaired) electrons. The summed E-state index contributed by atoms with van der Waals surface area (Å²) in [4.78, 5) is 13.7. The quantitative estimate of drug-likeness (QED) is 0.520. The average Bonchev–Trinajstić information content (AvgIpc) is 2.97. The van der Waals surface area contributed by atoms with E-state index in [-0.39, 0.29) is 5.91 Å². The van der Waals surface area contributed by atoms with Gasteiger partial charge in [-0.25, -0.2) is 0 Å². The summed E-state index contributed by atoms with van der Waals surface area (Å²) in [5.74, 6) is -0.177. The first-order valence-corrected chi connectivity index (χ1v) is 10.8. The second-order valence-electron chi connectivity index (χ2n) is 7.29. The van der Waals surface area contributed by atoms with Crippen LogP contribution in [0.1, 0.15) is 58.6 Å². The summed E-state index contributed by atoms with van der Waals surface area (Å²) in [7, 11) is -4.74. The molecule has 1 amide bonds. The zero-order valence-corrected chi connectivity index (χ0v) is 17.1. The maximum absolute atomic E-state index is 15.3. The molecular weight excluding hydrogens is 375 g/mol. The fourth-order valence-corrected chi connectivity index (χ4v) is 5.03. The topological polar surface area (TPSA) is 55.8 Å². The van der Waals surface area contributed by atoms with Crippen LogP contribution in [0.5, 0.6) is 0 Å². The van der Waals surface area contributed by atoms with Crippen molar-refractivity contribution in [1.29, 1.82) is 0 Å². The Bertz CT molecular complexity index is 668. The maximum atomic E-state index is 15.3. The van der Waals surface area contributed by atoms with Crippen LogP contribution in [0.3, 0.4) is 0 Å². The largest absolute Gasteiger partial charge is 0.400 e.